The van der Waals surface area contributed by atoms with E-state index in [2.05, 4.69) is 26.9 Å². The number of amides is 1. The number of para-hydroxylation sites is 2. The Morgan fingerprint density at radius 3 is 2.79 bits per heavy atom. The van der Waals surface area contributed by atoms with E-state index in [0.717, 1.165) is 50.1 Å². The van der Waals surface area contributed by atoms with Gasteiger partial charge in [-0.1, -0.05) is 42.5 Å². The van der Waals surface area contributed by atoms with Gasteiger partial charge in [-0.25, -0.2) is 4.79 Å². The van der Waals surface area contributed by atoms with E-state index < -0.39 is 5.76 Å². The lowest BCUT2D eigenvalue weighted by molar-refractivity contribution is -0.132. The zero-order chi connectivity index (χ0) is 22.6. The smallest absolute Gasteiger partial charge is 0.408 e. The Balaban J connectivity index is 1.19. The van der Waals surface area contributed by atoms with E-state index in [4.69, 9.17) is 4.42 Å². The summed E-state index contributed by atoms with van der Waals surface area (Å²) in [6.07, 6.45) is 5.67. The van der Waals surface area contributed by atoms with Crippen molar-refractivity contribution in [2.45, 2.75) is 51.2 Å². The number of likely N-dealkylation sites (tertiary alicyclic amines) is 1. The third-order valence-electron chi connectivity index (χ3n) is 6.41. The molecule has 1 unspecified atom stereocenters. The van der Waals surface area contributed by atoms with Crippen molar-refractivity contribution in [2.75, 3.05) is 6.54 Å². The van der Waals surface area contributed by atoms with Crippen LogP contribution in [0.5, 0.6) is 0 Å². The van der Waals surface area contributed by atoms with E-state index in [-0.39, 0.29) is 18.4 Å². The zero-order valence-electron chi connectivity index (χ0n) is 18.5. The number of nitrogens with zero attached hydrogens (tertiary/aromatic N) is 5. The molecule has 0 bridgehead atoms. The van der Waals surface area contributed by atoms with Gasteiger partial charge in [-0.05, 0) is 37.0 Å². The molecular formula is C25H27N5O3. The highest BCUT2D eigenvalue weighted by atomic mass is 16.4. The largest absolute Gasteiger partial charge is 0.419 e. The Morgan fingerprint density at radius 2 is 1.91 bits per heavy atom. The third-order valence-corrected chi connectivity index (χ3v) is 6.41. The van der Waals surface area contributed by atoms with Gasteiger partial charge in [0.2, 0.25) is 5.91 Å². The summed E-state index contributed by atoms with van der Waals surface area (Å²) >= 11 is 0. The second kappa shape index (κ2) is 9.44. The summed E-state index contributed by atoms with van der Waals surface area (Å²) in [5.41, 5.74) is 2.48. The number of benzene rings is 2. The fraction of sp³-hybridized carbons (Fsp3) is 0.360. The first-order valence-electron chi connectivity index (χ1n) is 11.5. The first-order chi connectivity index (χ1) is 16.2. The molecule has 0 radical (unpaired) electrons. The van der Waals surface area contributed by atoms with Crippen LogP contribution in [0.15, 0.2) is 70.1 Å². The third kappa shape index (κ3) is 4.60. The number of oxazole rings is 1. The van der Waals surface area contributed by atoms with Gasteiger partial charge in [0.05, 0.1) is 12.1 Å². The maximum atomic E-state index is 13.0. The summed E-state index contributed by atoms with van der Waals surface area (Å²) in [7, 11) is 0. The highest BCUT2D eigenvalue weighted by Gasteiger charge is 2.28. The van der Waals surface area contributed by atoms with E-state index >= 15 is 0 Å². The molecule has 0 saturated carbocycles. The predicted octanol–water partition coefficient (Wildman–Crippen LogP) is 3.25. The fourth-order valence-corrected chi connectivity index (χ4v) is 4.72. The lowest BCUT2D eigenvalue weighted by atomic mass is 10.1. The second-order valence-corrected chi connectivity index (χ2v) is 8.52. The van der Waals surface area contributed by atoms with Crippen molar-refractivity contribution < 1.29 is 9.21 Å². The SMILES string of the molecule is O=C(CCn1c(=O)oc2ccccc21)N1CCCC1CCc1nncn1Cc1ccccc1. The summed E-state index contributed by atoms with van der Waals surface area (Å²) in [5.74, 6) is 0.606. The Hall–Kier alpha value is -3.68. The van der Waals surface area contributed by atoms with Crippen LogP contribution in [0, 0.1) is 0 Å². The zero-order valence-corrected chi connectivity index (χ0v) is 18.5. The lowest BCUT2D eigenvalue weighted by Gasteiger charge is -2.25. The number of rotatable bonds is 8. The molecule has 1 atom stereocenters. The quantitative estimate of drug-likeness (QED) is 0.416. The molecular weight excluding hydrogens is 418 g/mol. The van der Waals surface area contributed by atoms with Gasteiger partial charge in [0.25, 0.3) is 0 Å². The summed E-state index contributed by atoms with van der Waals surface area (Å²) in [4.78, 5) is 27.2. The van der Waals surface area contributed by atoms with Gasteiger partial charge in [0.1, 0.15) is 12.2 Å². The van der Waals surface area contributed by atoms with Gasteiger partial charge in [-0.3, -0.25) is 9.36 Å². The molecule has 3 heterocycles. The van der Waals surface area contributed by atoms with Crippen LogP contribution < -0.4 is 5.76 Å². The van der Waals surface area contributed by atoms with Crippen LogP contribution in [0.1, 0.15) is 37.1 Å². The molecule has 1 fully saturated rings. The summed E-state index contributed by atoms with van der Waals surface area (Å²) in [6.45, 7) is 1.83. The topological polar surface area (TPSA) is 86.2 Å². The highest BCUT2D eigenvalue weighted by molar-refractivity contribution is 5.77. The molecule has 1 amide bonds. The minimum Gasteiger partial charge on any atom is -0.408 e. The van der Waals surface area contributed by atoms with Gasteiger partial charge in [0, 0.05) is 32.0 Å². The molecule has 33 heavy (non-hydrogen) atoms. The maximum Gasteiger partial charge on any atom is 0.419 e. The Morgan fingerprint density at radius 1 is 1.09 bits per heavy atom. The number of carbonyl (C=O) groups excluding carboxylic acids is 1. The fourth-order valence-electron chi connectivity index (χ4n) is 4.72. The molecule has 0 aliphatic carbocycles. The van der Waals surface area contributed by atoms with E-state index in [1.807, 2.05) is 41.3 Å². The number of hydrogen-bond donors (Lipinski definition) is 0. The van der Waals surface area contributed by atoms with Gasteiger partial charge < -0.3 is 13.9 Å². The number of aromatic nitrogens is 4. The minimum absolute atomic E-state index is 0.0837. The molecule has 8 heteroatoms. The molecule has 0 N–H and O–H groups in total. The summed E-state index contributed by atoms with van der Waals surface area (Å²) < 4.78 is 8.90. The first-order valence-corrected chi connectivity index (χ1v) is 11.5. The van der Waals surface area contributed by atoms with Crippen molar-refractivity contribution in [1.29, 1.82) is 0 Å². The van der Waals surface area contributed by atoms with Gasteiger partial charge in [-0.15, -0.1) is 10.2 Å². The molecule has 1 aliphatic heterocycles. The maximum absolute atomic E-state index is 13.0. The van der Waals surface area contributed by atoms with Crippen molar-refractivity contribution >= 4 is 17.0 Å². The molecule has 8 nitrogen and oxygen atoms in total. The Bertz CT molecular complexity index is 1290. The highest BCUT2D eigenvalue weighted by Crippen LogP contribution is 2.23. The molecule has 5 rings (SSSR count). The van der Waals surface area contributed by atoms with Gasteiger partial charge >= 0.3 is 5.76 Å². The number of carbonyl (C=O) groups is 1. The van der Waals surface area contributed by atoms with E-state index in [0.29, 0.717) is 12.1 Å². The molecule has 170 valence electrons. The van der Waals surface area contributed by atoms with Crippen LogP contribution in [-0.4, -0.2) is 42.7 Å². The molecule has 0 spiro atoms. The molecule has 4 aromatic rings. The number of fused-ring (bicyclic) bond motifs is 1. The molecule has 1 aliphatic rings. The molecule has 1 saturated heterocycles. The van der Waals surface area contributed by atoms with Crippen molar-refractivity contribution in [3.05, 3.63) is 82.9 Å². The average molecular weight is 446 g/mol. The van der Waals surface area contributed by atoms with Crippen LogP contribution >= 0.6 is 0 Å². The first kappa shape index (κ1) is 21.2. The number of aryl methyl sites for hydroxylation is 2. The van der Waals surface area contributed by atoms with Gasteiger partial charge in [0.15, 0.2) is 5.58 Å². The van der Waals surface area contributed by atoms with E-state index in [1.165, 1.54) is 5.56 Å². The normalized spacial score (nSPS) is 16.0. The van der Waals surface area contributed by atoms with Crippen LogP contribution in [-0.2, 0) is 24.3 Å². The second-order valence-electron chi connectivity index (χ2n) is 8.52. The van der Waals surface area contributed by atoms with E-state index in [1.54, 1.807) is 17.0 Å². The Labute approximate surface area is 191 Å². The monoisotopic (exact) mass is 445 g/mol. The standard InChI is InChI=1S/C25H27N5O3/c31-24(14-16-30-21-10-4-5-11-22(21)33-25(30)32)29-15-6-9-20(29)12-13-23-27-26-18-28(23)17-19-7-2-1-3-8-19/h1-5,7-8,10-11,18,20H,6,9,12-17H2. The Kier molecular flexibility index (Phi) is 6.06. The van der Waals surface area contributed by atoms with Crippen LogP contribution in [0.4, 0.5) is 0 Å². The van der Waals surface area contributed by atoms with E-state index in [9.17, 15) is 9.59 Å². The van der Waals surface area contributed by atoms with Gasteiger partial charge in [-0.2, -0.15) is 0 Å². The summed E-state index contributed by atoms with van der Waals surface area (Å²) in [6, 6.07) is 17.7. The van der Waals surface area contributed by atoms with Crippen molar-refractivity contribution in [3.63, 3.8) is 0 Å². The summed E-state index contributed by atoms with van der Waals surface area (Å²) in [5, 5.41) is 8.41. The minimum atomic E-state index is -0.417. The van der Waals surface area contributed by atoms with Crippen molar-refractivity contribution in [2.24, 2.45) is 0 Å². The van der Waals surface area contributed by atoms with Crippen LogP contribution in [0.2, 0.25) is 0 Å². The molecule has 2 aromatic heterocycles. The predicted molar refractivity (Wildman–Crippen MR) is 124 cm³/mol. The van der Waals surface area contributed by atoms with Crippen LogP contribution in [0.25, 0.3) is 11.1 Å². The van der Waals surface area contributed by atoms with Crippen molar-refractivity contribution in [1.82, 2.24) is 24.2 Å². The number of hydrogen-bond acceptors (Lipinski definition) is 5. The van der Waals surface area contributed by atoms with Crippen molar-refractivity contribution in [3.8, 4) is 0 Å². The average Bonchev–Trinajstić information content (AvgIpc) is 3.55. The lowest BCUT2D eigenvalue weighted by Crippen LogP contribution is -2.36. The van der Waals surface area contributed by atoms with Crippen LogP contribution in [0.3, 0.4) is 0 Å². The molecule has 2 aromatic carbocycles.